The van der Waals surface area contributed by atoms with Gasteiger partial charge in [-0.05, 0) is 48.8 Å². The molecule has 92 valence electrons. The normalized spacial score (nSPS) is 12.9. The Bertz CT molecular complexity index is 487. The van der Waals surface area contributed by atoms with E-state index in [0.717, 1.165) is 23.6 Å². The minimum Gasteiger partial charge on any atom is -0.361 e. The lowest BCUT2D eigenvalue weighted by atomic mass is 10.2. The van der Waals surface area contributed by atoms with E-state index in [9.17, 15) is 0 Å². The van der Waals surface area contributed by atoms with Crippen molar-refractivity contribution in [3.63, 3.8) is 0 Å². The topological polar surface area (TPSA) is 38.1 Å². The first-order valence-corrected chi connectivity index (χ1v) is 7.09. The molecule has 0 saturated carbocycles. The van der Waals surface area contributed by atoms with Gasteiger partial charge in [0.2, 0.25) is 0 Å². The third kappa shape index (κ3) is 2.97. The highest BCUT2D eigenvalue weighted by Gasteiger charge is 2.12. The standard InChI is InChI=1S/C12H15BrN2OS/c1-7-10(9(3)16-15-7)6-14-8(2)11-4-5-12(13)17-11/h4-5,8,14H,6H2,1-3H3. The monoisotopic (exact) mass is 314 g/mol. The molecule has 0 bridgehead atoms. The van der Waals surface area contributed by atoms with Crippen molar-refractivity contribution in [2.24, 2.45) is 0 Å². The number of hydrogen-bond acceptors (Lipinski definition) is 4. The quantitative estimate of drug-likeness (QED) is 0.928. The minimum atomic E-state index is 0.333. The first-order valence-electron chi connectivity index (χ1n) is 5.48. The molecule has 0 spiro atoms. The fourth-order valence-electron chi connectivity index (χ4n) is 1.67. The lowest BCUT2D eigenvalue weighted by molar-refractivity contribution is 0.391. The number of halogens is 1. The highest BCUT2D eigenvalue weighted by Crippen LogP contribution is 2.27. The Morgan fingerprint density at radius 2 is 2.24 bits per heavy atom. The van der Waals surface area contributed by atoms with E-state index in [1.54, 1.807) is 11.3 Å². The Balaban J connectivity index is 1.99. The van der Waals surface area contributed by atoms with Crippen LogP contribution in [0.15, 0.2) is 20.4 Å². The Kier molecular flexibility index (Phi) is 4.01. The SMILES string of the molecule is Cc1noc(C)c1CNC(C)c1ccc(Br)s1. The van der Waals surface area contributed by atoms with Crippen LogP contribution in [0.1, 0.15) is 34.9 Å². The van der Waals surface area contributed by atoms with Gasteiger partial charge in [-0.15, -0.1) is 11.3 Å². The Labute approximate surface area is 113 Å². The van der Waals surface area contributed by atoms with Crippen LogP contribution in [0.4, 0.5) is 0 Å². The van der Waals surface area contributed by atoms with Crippen LogP contribution in [0.2, 0.25) is 0 Å². The molecule has 2 heterocycles. The van der Waals surface area contributed by atoms with Gasteiger partial charge < -0.3 is 9.84 Å². The molecule has 0 aliphatic carbocycles. The van der Waals surface area contributed by atoms with E-state index in [2.05, 4.69) is 45.5 Å². The summed E-state index contributed by atoms with van der Waals surface area (Å²) in [5, 5.41) is 7.44. The van der Waals surface area contributed by atoms with E-state index < -0.39 is 0 Å². The van der Waals surface area contributed by atoms with Crippen molar-refractivity contribution >= 4 is 27.3 Å². The van der Waals surface area contributed by atoms with Crippen molar-refractivity contribution in [2.45, 2.75) is 33.4 Å². The summed E-state index contributed by atoms with van der Waals surface area (Å²) in [5.74, 6) is 0.898. The van der Waals surface area contributed by atoms with Gasteiger partial charge in [-0.25, -0.2) is 0 Å². The van der Waals surface area contributed by atoms with Crippen LogP contribution in [0.25, 0.3) is 0 Å². The predicted molar refractivity (Wildman–Crippen MR) is 73.3 cm³/mol. The second-order valence-electron chi connectivity index (χ2n) is 4.05. The number of aromatic nitrogens is 1. The number of nitrogens with zero attached hydrogens (tertiary/aromatic N) is 1. The minimum absolute atomic E-state index is 0.333. The van der Waals surface area contributed by atoms with E-state index in [4.69, 9.17) is 4.52 Å². The van der Waals surface area contributed by atoms with Crippen LogP contribution in [-0.4, -0.2) is 5.16 Å². The third-order valence-corrected chi connectivity index (χ3v) is 4.59. The summed E-state index contributed by atoms with van der Waals surface area (Å²) < 4.78 is 6.31. The molecule has 1 unspecified atom stereocenters. The van der Waals surface area contributed by atoms with Gasteiger partial charge in [-0.1, -0.05) is 5.16 Å². The van der Waals surface area contributed by atoms with Gasteiger partial charge >= 0.3 is 0 Å². The molecule has 0 aliphatic rings. The first kappa shape index (κ1) is 12.8. The van der Waals surface area contributed by atoms with Crippen LogP contribution in [0.5, 0.6) is 0 Å². The maximum absolute atomic E-state index is 5.14. The molecule has 2 aromatic heterocycles. The average Bonchev–Trinajstić information content (AvgIpc) is 2.84. The van der Waals surface area contributed by atoms with Crippen molar-refractivity contribution in [3.8, 4) is 0 Å². The number of nitrogens with one attached hydrogen (secondary N) is 1. The average molecular weight is 315 g/mol. The van der Waals surface area contributed by atoms with E-state index in [1.165, 1.54) is 8.66 Å². The fraction of sp³-hybridized carbons (Fsp3) is 0.417. The maximum atomic E-state index is 5.14. The Morgan fingerprint density at radius 1 is 1.47 bits per heavy atom. The lowest BCUT2D eigenvalue weighted by Gasteiger charge is -2.11. The van der Waals surface area contributed by atoms with Crippen LogP contribution < -0.4 is 5.32 Å². The first-order chi connectivity index (χ1) is 8.08. The van der Waals surface area contributed by atoms with Gasteiger partial charge in [-0.3, -0.25) is 0 Å². The molecule has 1 N–H and O–H groups in total. The second-order valence-corrected chi connectivity index (χ2v) is 6.54. The smallest absolute Gasteiger partial charge is 0.138 e. The molecule has 2 rings (SSSR count). The van der Waals surface area contributed by atoms with Crippen molar-refractivity contribution in [3.05, 3.63) is 37.8 Å². The van der Waals surface area contributed by atoms with Crippen molar-refractivity contribution in [1.29, 1.82) is 0 Å². The zero-order chi connectivity index (χ0) is 12.4. The number of thiophene rings is 1. The molecule has 0 aromatic carbocycles. The third-order valence-electron chi connectivity index (χ3n) is 2.79. The summed E-state index contributed by atoms with van der Waals surface area (Å²) >= 11 is 5.24. The molecule has 0 saturated heterocycles. The van der Waals surface area contributed by atoms with Crippen molar-refractivity contribution in [1.82, 2.24) is 10.5 Å². The van der Waals surface area contributed by atoms with Crippen molar-refractivity contribution in [2.75, 3.05) is 0 Å². The largest absolute Gasteiger partial charge is 0.361 e. The van der Waals surface area contributed by atoms with Crippen LogP contribution in [-0.2, 0) is 6.54 Å². The molecule has 0 radical (unpaired) electrons. The zero-order valence-corrected chi connectivity index (χ0v) is 12.5. The molecule has 1 atom stereocenters. The van der Waals surface area contributed by atoms with Crippen LogP contribution in [0, 0.1) is 13.8 Å². The van der Waals surface area contributed by atoms with E-state index in [-0.39, 0.29) is 0 Å². The van der Waals surface area contributed by atoms with Gasteiger partial charge in [0.1, 0.15) is 5.76 Å². The zero-order valence-electron chi connectivity index (χ0n) is 10.1. The molecule has 0 amide bonds. The van der Waals surface area contributed by atoms with Gasteiger partial charge in [0.05, 0.1) is 9.48 Å². The summed E-state index contributed by atoms with van der Waals surface area (Å²) in [6.07, 6.45) is 0. The highest BCUT2D eigenvalue weighted by atomic mass is 79.9. The van der Waals surface area contributed by atoms with Gasteiger partial charge in [-0.2, -0.15) is 0 Å². The van der Waals surface area contributed by atoms with E-state index in [1.807, 2.05) is 13.8 Å². The van der Waals surface area contributed by atoms with E-state index in [0.29, 0.717) is 6.04 Å². The predicted octanol–water partition coefficient (Wildman–Crippen LogP) is 3.97. The number of hydrogen-bond donors (Lipinski definition) is 1. The summed E-state index contributed by atoms with van der Waals surface area (Å²) in [6.45, 7) is 6.87. The molecule has 0 aliphatic heterocycles. The number of aryl methyl sites for hydroxylation is 2. The highest BCUT2D eigenvalue weighted by molar-refractivity contribution is 9.11. The molecule has 17 heavy (non-hydrogen) atoms. The van der Waals surface area contributed by atoms with Crippen LogP contribution >= 0.6 is 27.3 Å². The summed E-state index contributed by atoms with van der Waals surface area (Å²) in [5.41, 5.74) is 2.13. The molecule has 0 fully saturated rings. The van der Waals surface area contributed by atoms with Gasteiger partial charge in [0, 0.05) is 23.0 Å². The van der Waals surface area contributed by atoms with Crippen molar-refractivity contribution < 1.29 is 4.52 Å². The number of rotatable bonds is 4. The lowest BCUT2D eigenvalue weighted by Crippen LogP contribution is -2.17. The van der Waals surface area contributed by atoms with Crippen LogP contribution in [0.3, 0.4) is 0 Å². The maximum Gasteiger partial charge on any atom is 0.138 e. The molecular weight excluding hydrogens is 300 g/mol. The van der Waals surface area contributed by atoms with Gasteiger partial charge in [0.15, 0.2) is 0 Å². The summed E-state index contributed by atoms with van der Waals surface area (Å²) in [7, 11) is 0. The fourth-order valence-corrected chi connectivity index (χ4v) is 3.12. The Morgan fingerprint density at radius 3 is 2.76 bits per heavy atom. The summed E-state index contributed by atoms with van der Waals surface area (Å²) in [4.78, 5) is 1.32. The van der Waals surface area contributed by atoms with Gasteiger partial charge in [0.25, 0.3) is 0 Å². The Hall–Kier alpha value is -0.650. The second kappa shape index (κ2) is 5.33. The molecule has 2 aromatic rings. The van der Waals surface area contributed by atoms with E-state index >= 15 is 0 Å². The molecular formula is C12H15BrN2OS. The molecule has 3 nitrogen and oxygen atoms in total. The summed E-state index contributed by atoms with van der Waals surface area (Å²) in [6, 6.07) is 4.55. The molecule has 5 heteroatoms.